The first-order valence-corrected chi connectivity index (χ1v) is 3.97. The van der Waals surface area contributed by atoms with E-state index in [0.717, 1.165) is 0 Å². The monoisotopic (exact) mass is 185 g/mol. The number of hydrogen-bond donors (Lipinski definition) is 1. The van der Waals surface area contributed by atoms with Gasteiger partial charge in [0.1, 0.15) is 24.0 Å². The van der Waals surface area contributed by atoms with E-state index in [1.165, 1.54) is 6.33 Å². The second-order valence-electron chi connectivity index (χ2n) is 2.65. The fourth-order valence-electron chi connectivity index (χ4n) is 1.12. The minimum Gasteiger partial charge on any atom is -0.382 e. The number of nitrogens with two attached hydrogens (primary N) is 1. The summed E-state index contributed by atoms with van der Waals surface area (Å²) in [6.07, 6.45) is 3.14. The van der Waals surface area contributed by atoms with Crippen LogP contribution >= 0.6 is 0 Å². The van der Waals surface area contributed by atoms with Crippen LogP contribution in [0.1, 0.15) is 5.69 Å². The summed E-state index contributed by atoms with van der Waals surface area (Å²) in [6.45, 7) is 0. The Kier molecular flexibility index (Phi) is 1.88. The summed E-state index contributed by atoms with van der Waals surface area (Å²) in [5.41, 5.74) is 5.90. The molecule has 5 nitrogen and oxygen atoms in total. The van der Waals surface area contributed by atoms with Gasteiger partial charge in [-0.1, -0.05) is 6.07 Å². The van der Waals surface area contributed by atoms with Crippen molar-refractivity contribution in [2.75, 3.05) is 5.73 Å². The standard InChI is InChI=1S/C9H7N5/c10-5-7-9(11)14(6-13-7)8-3-1-2-4-12-8/h1-4,6H,11H2. The zero-order valence-corrected chi connectivity index (χ0v) is 7.25. The van der Waals surface area contributed by atoms with Crippen molar-refractivity contribution in [3.05, 3.63) is 36.4 Å². The molecule has 68 valence electrons. The van der Waals surface area contributed by atoms with Gasteiger partial charge in [-0.3, -0.25) is 4.57 Å². The Hall–Kier alpha value is -2.35. The van der Waals surface area contributed by atoms with E-state index in [1.807, 2.05) is 18.2 Å². The number of nitriles is 1. The Balaban J connectivity index is 2.54. The molecule has 0 radical (unpaired) electrons. The first-order valence-electron chi connectivity index (χ1n) is 3.97. The summed E-state index contributed by atoms with van der Waals surface area (Å²) in [5.74, 6) is 0.963. The van der Waals surface area contributed by atoms with Gasteiger partial charge >= 0.3 is 0 Å². The molecular formula is C9H7N5. The molecule has 2 N–H and O–H groups in total. The Morgan fingerprint density at radius 2 is 2.21 bits per heavy atom. The van der Waals surface area contributed by atoms with Crippen LogP contribution in [0.3, 0.4) is 0 Å². The number of nitrogen functional groups attached to an aromatic ring is 1. The Bertz CT molecular complexity index is 480. The smallest absolute Gasteiger partial charge is 0.182 e. The molecule has 0 spiro atoms. The zero-order valence-electron chi connectivity index (χ0n) is 7.25. The molecule has 14 heavy (non-hydrogen) atoms. The largest absolute Gasteiger partial charge is 0.382 e. The van der Waals surface area contributed by atoms with Gasteiger partial charge in [0.15, 0.2) is 5.69 Å². The van der Waals surface area contributed by atoms with Crippen LogP contribution in [0.2, 0.25) is 0 Å². The topological polar surface area (TPSA) is 80.5 Å². The summed E-state index contributed by atoms with van der Waals surface area (Å²) < 4.78 is 1.57. The van der Waals surface area contributed by atoms with Crippen LogP contribution in [0.15, 0.2) is 30.7 Å². The van der Waals surface area contributed by atoms with Crippen LogP contribution in [-0.2, 0) is 0 Å². The van der Waals surface area contributed by atoms with Crippen molar-refractivity contribution >= 4 is 5.82 Å². The third kappa shape index (κ3) is 1.19. The molecule has 0 aromatic carbocycles. The highest BCUT2D eigenvalue weighted by molar-refractivity contribution is 5.48. The molecule has 2 aromatic heterocycles. The quantitative estimate of drug-likeness (QED) is 0.709. The summed E-state index contributed by atoms with van der Waals surface area (Å²) in [4.78, 5) is 7.94. The summed E-state index contributed by atoms with van der Waals surface area (Å²) in [6, 6.07) is 7.34. The molecule has 0 unspecified atom stereocenters. The fraction of sp³-hybridized carbons (Fsp3) is 0. The molecule has 0 aliphatic carbocycles. The van der Waals surface area contributed by atoms with E-state index in [4.69, 9.17) is 11.0 Å². The number of rotatable bonds is 1. The predicted octanol–water partition coefficient (Wildman–Crippen LogP) is 0.721. The van der Waals surface area contributed by atoms with Crippen molar-refractivity contribution in [3.8, 4) is 11.9 Å². The molecule has 0 aliphatic heterocycles. The van der Waals surface area contributed by atoms with Crippen LogP contribution in [0.5, 0.6) is 0 Å². The van der Waals surface area contributed by atoms with Crippen LogP contribution in [0, 0.1) is 11.3 Å². The minimum atomic E-state index is 0.218. The maximum atomic E-state index is 8.65. The lowest BCUT2D eigenvalue weighted by Crippen LogP contribution is -2.01. The van der Waals surface area contributed by atoms with Crippen molar-refractivity contribution < 1.29 is 0 Å². The second-order valence-corrected chi connectivity index (χ2v) is 2.65. The minimum absolute atomic E-state index is 0.218. The third-order valence-electron chi connectivity index (χ3n) is 1.81. The van der Waals surface area contributed by atoms with Crippen LogP contribution < -0.4 is 5.73 Å². The predicted molar refractivity (Wildman–Crippen MR) is 50.5 cm³/mol. The molecule has 5 heteroatoms. The van der Waals surface area contributed by atoms with E-state index in [0.29, 0.717) is 11.6 Å². The molecule has 0 bridgehead atoms. The molecule has 0 saturated heterocycles. The van der Waals surface area contributed by atoms with Crippen LogP contribution in [0.25, 0.3) is 5.82 Å². The van der Waals surface area contributed by atoms with Crippen molar-refractivity contribution in [2.45, 2.75) is 0 Å². The number of anilines is 1. The van der Waals surface area contributed by atoms with E-state index in [1.54, 1.807) is 16.8 Å². The second kappa shape index (κ2) is 3.18. The first-order chi connectivity index (χ1) is 6.83. The lowest BCUT2D eigenvalue weighted by atomic mass is 10.4. The number of nitrogens with zero attached hydrogens (tertiary/aromatic N) is 4. The number of imidazole rings is 1. The summed E-state index contributed by atoms with van der Waals surface area (Å²) in [7, 11) is 0. The van der Waals surface area contributed by atoms with Gasteiger partial charge in [0.05, 0.1) is 0 Å². The maximum absolute atomic E-state index is 8.65. The van der Waals surface area contributed by atoms with E-state index >= 15 is 0 Å². The number of aromatic nitrogens is 3. The third-order valence-corrected chi connectivity index (χ3v) is 1.81. The summed E-state index contributed by atoms with van der Waals surface area (Å²) >= 11 is 0. The fourth-order valence-corrected chi connectivity index (χ4v) is 1.12. The molecule has 0 fully saturated rings. The van der Waals surface area contributed by atoms with Gasteiger partial charge in [-0.2, -0.15) is 5.26 Å². The highest BCUT2D eigenvalue weighted by atomic mass is 15.2. The van der Waals surface area contributed by atoms with Gasteiger partial charge in [0.2, 0.25) is 0 Å². The highest BCUT2D eigenvalue weighted by Crippen LogP contribution is 2.13. The summed E-state index contributed by atoms with van der Waals surface area (Å²) in [5, 5.41) is 8.65. The maximum Gasteiger partial charge on any atom is 0.182 e. The SMILES string of the molecule is N#Cc1ncn(-c2ccccn2)c1N. The molecule has 0 saturated carbocycles. The normalized spacial score (nSPS) is 9.64. The highest BCUT2D eigenvalue weighted by Gasteiger charge is 2.07. The van der Waals surface area contributed by atoms with Gasteiger partial charge < -0.3 is 5.73 Å². The van der Waals surface area contributed by atoms with Crippen molar-refractivity contribution in [1.29, 1.82) is 5.26 Å². The van der Waals surface area contributed by atoms with Crippen molar-refractivity contribution in [2.24, 2.45) is 0 Å². The molecule has 0 amide bonds. The average molecular weight is 185 g/mol. The molecule has 2 heterocycles. The van der Waals surface area contributed by atoms with Gasteiger partial charge in [0.25, 0.3) is 0 Å². The van der Waals surface area contributed by atoms with E-state index in [-0.39, 0.29) is 5.69 Å². The molecular weight excluding hydrogens is 178 g/mol. The van der Waals surface area contributed by atoms with Crippen molar-refractivity contribution in [1.82, 2.24) is 14.5 Å². The Morgan fingerprint density at radius 1 is 1.36 bits per heavy atom. The molecule has 2 aromatic rings. The molecule has 0 atom stereocenters. The zero-order chi connectivity index (χ0) is 9.97. The van der Waals surface area contributed by atoms with Crippen LogP contribution in [0.4, 0.5) is 5.82 Å². The molecule has 2 rings (SSSR count). The Morgan fingerprint density at radius 3 is 2.79 bits per heavy atom. The van der Waals surface area contributed by atoms with E-state index < -0.39 is 0 Å². The number of hydrogen-bond acceptors (Lipinski definition) is 4. The Labute approximate surface area is 80.4 Å². The van der Waals surface area contributed by atoms with Gasteiger partial charge in [-0.05, 0) is 12.1 Å². The van der Waals surface area contributed by atoms with Gasteiger partial charge in [0, 0.05) is 6.20 Å². The first kappa shape index (κ1) is 8.26. The lowest BCUT2D eigenvalue weighted by molar-refractivity contribution is 1.00. The average Bonchev–Trinajstić information content (AvgIpc) is 2.61. The van der Waals surface area contributed by atoms with Gasteiger partial charge in [-0.15, -0.1) is 0 Å². The van der Waals surface area contributed by atoms with E-state index in [2.05, 4.69) is 9.97 Å². The van der Waals surface area contributed by atoms with Gasteiger partial charge in [-0.25, -0.2) is 9.97 Å². The molecule has 0 aliphatic rings. The lowest BCUT2D eigenvalue weighted by Gasteiger charge is -2.01. The van der Waals surface area contributed by atoms with Crippen molar-refractivity contribution in [3.63, 3.8) is 0 Å². The van der Waals surface area contributed by atoms with Crippen LogP contribution in [-0.4, -0.2) is 14.5 Å². The number of pyridine rings is 1. The van der Waals surface area contributed by atoms with E-state index in [9.17, 15) is 0 Å².